The van der Waals surface area contributed by atoms with Crippen molar-refractivity contribution in [1.82, 2.24) is 0 Å². The fraction of sp³-hybridized carbons (Fsp3) is 0.167. The molecule has 0 radical (unpaired) electrons. The maximum Gasteiger partial charge on any atom is 0.337 e. The van der Waals surface area contributed by atoms with Crippen LogP contribution in [0.5, 0.6) is 11.5 Å². The minimum absolute atomic E-state index is 0.0467. The Morgan fingerprint density at radius 3 is 2.65 bits per heavy atom. The molecule has 3 heterocycles. The van der Waals surface area contributed by atoms with Crippen LogP contribution in [0.4, 0.5) is 11.4 Å². The summed E-state index contributed by atoms with van der Waals surface area (Å²) in [5.41, 5.74) is 2.82. The number of carbonyl (C=O) groups excluding carboxylic acids is 1. The number of esters is 1. The van der Waals surface area contributed by atoms with Crippen LogP contribution in [0, 0.1) is 10.1 Å². The molecule has 1 N–H and O–H groups in total. The molecule has 8 nitrogen and oxygen atoms in total. The van der Waals surface area contributed by atoms with Crippen LogP contribution in [0.25, 0.3) is 0 Å². The van der Waals surface area contributed by atoms with Gasteiger partial charge in [-0.2, -0.15) is 0 Å². The van der Waals surface area contributed by atoms with Crippen molar-refractivity contribution < 1.29 is 23.9 Å². The standard InChI is InChI=1S/C18H12N2O6/c21-18-17-12(7-24-18)19-11-6-15-14(25-8-26-15)5-10(11)16(17)9-3-1-2-4-13(9)20(22)23/h1-6,16,19H,7-8H2/t16-/m0/s1. The molecular weight excluding hydrogens is 340 g/mol. The first kappa shape index (κ1) is 14.8. The van der Waals surface area contributed by atoms with E-state index in [1.165, 1.54) is 6.07 Å². The Kier molecular flexibility index (Phi) is 2.96. The summed E-state index contributed by atoms with van der Waals surface area (Å²) in [5.74, 6) is 0.0442. The highest BCUT2D eigenvalue weighted by Crippen LogP contribution is 2.50. The molecular formula is C18H12N2O6. The summed E-state index contributed by atoms with van der Waals surface area (Å²) in [6, 6.07) is 9.97. The van der Waals surface area contributed by atoms with E-state index in [1.807, 2.05) is 0 Å². The Labute approximate surface area is 147 Å². The molecule has 0 bridgehead atoms. The van der Waals surface area contributed by atoms with Gasteiger partial charge < -0.3 is 19.5 Å². The van der Waals surface area contributed by atoms with Gasteiger partial charge in [-0.15, -0.1) is 0 Å². The number of hydrogen-bond acceptors (Lipinski definition) is 7. The average molecular weight is 352 g/mol. The molecule has 2 aromatic rings. The van der Waals surface area contributed by atoms with Gasteiger partial charge in [0.2, 0.25) is 6.79 Å². The maximum absolute atomic E-state index is 12.4. The van der Waals surface area contributed by atoms with Gasteiger partial charge in [0.25, 0.3) is 5.69 Å². The second-order valence-electron chi connectivity index (χ2n) is 6.14. The predicted molar refractivity (Wildman–Crippen MR) is 89.1 cm³/mol. The summed E-state index contributed by atoms with van der Waals surface area (Å²) < 4.78 is 16.0. The quantitative estimate of drug-likeness (QED) is 0.504. The number of fused-ring (bicyclic) bond motifs is 2. The molecule has 0 saturated heterocycles. The number of nitro benzene ring substituents is 1. The van der Waals surface area contributed by atoms with Crippen molar-refractivity contribution in [3.63, 3.8) is 0 Å². The van der Waals surface area contributed by atoms with Crippen LogP contribution in [0.2, 0.25) is 0 Å². The SMILES string of the molecule is O=C1OCC2=C1[C@@H](c1ccccc1[N+](=O)[O-])c1cc3c(cc1N2)OCO3. The third-order valence-electron chi connectivity index (χ3n) is 4.77. The molecule has 0 fully saturated rings. The molecule has 3 aliphatic rings. The summed E-state index contributed by atoms with van der Waals surface area (Å²) in [7, 11) is 0. The largest absolute Gasteiger partial charge is 0.456 e. The minimum Gasteiger partial charge on any atom is -0.456 e. The molecule has 2 aromatic carbocycles. The highest BCUT2D eigenvalue weighted by atomic mass is 16.7. The van der Waals surface area contributed by atoms with Gasteiger partial charge in [0.1, 0.15) is 6.61 Å². The van der Waals surface area contributed by atoms with E-state index >= 15 is 0 Å². The number of benzene rings is 2. The number of hydrogen-bond donors (Lipinski definition) is 1. The summed E-state index contributed by atoms with van der Waals surface area (Å²) in [5, 5.41) is 14.7. The van der Waals surface area contributed by atoms with Crippen molar-refractivity contribution in [3.8, 4) is 11.5 Å². The predicted octanol–water partition coefficient (Wildman–Crippen LogP) is 2.69. The van der Waals surface area contributed by atoms with Crippen LogP contribution in [-0.2, 0) is 9.53 Å². The van der Waals surface area contributed by atoms with E-state index in [0.717, 1.165) is 5.69 Å². The molecule has 0 unspecified atom stereocenters. The molecule has 0 aliphatic carbocycles. The number of nitrogens with one attached hydrogen (secondary N) is 1. The topological polar surface area (TPSA) is 99.9 Å². The molecule has 0 saturated carbocycles. The fourth-order valence-corrected chi connectivity index (χ4v) is 3.66. The van der Waals surface area contributed by atoms with Gasteiger partial charge in [0, 0.05) is 23.4 Å². The van der Waals surface area contributed by atoms with Crippen LogP contribution < -0.4 is 14.8 Å². The Balaban J connectivity index is 1.77. The third-order valence-corrected chi connectivity index (χ3v) is 4.77. The van der Waals surface area contributed by atoms with Crippen LogP contribution in [-0.4, -0.2) is 24.3 Å². The first-order chi connectivity index (χ1) is 12.6. The number of nitro groups is 1. The van der Waals surface area contributed by atoms with E-state index in [1.54, 1.807) is 30.3 Å². The van der Waals surface area contributed by atoms with Crippen molar-refractivity contribution in [2.24, 2.45) is 0 Å². The van der Waals surface area contributed by atoms with Gasteiger partial charge in [-0.05, 0) is 11.6 Å². The van der Waals surface area contributed by atoms with Gasteiger partial charge in [0.15, 0.2) is 11.5 Å². The molecule has 3 aliphatic heterocycles. The van der Waals surface area contributed by atoms with Gasteiger partial charge in [-0.25, -0.2) is 4.79 Å². The molecule has 0 amide bonds. The Hall–Kier alpha value is -3.55. The Morgan fingerprint density at radius 2 is 1.85 bits per heavy atom. The summed E-state index contributed by atoms with van der Waals surface area (Å²) in [6.45, 7) is 0.225. The lowest BCUT2D eigenvalue weighted by atomic mass is 9.80. The number of anilines is 1. The molecule has 8 heteroatoms. The monoisotopic (exact) mass is 352 g/mol. The maximum atomic E-state index is 12.4. The second-order valence-corrected chi connectivity index (χ2v) is 6.14. The van der Waals surface area contributed by atoms with E-state index in [0.29, 0.717) is 33.9 Å². The van der Waals surface area contributed by atoms with Crippen LogP contribution in [0.15, 0.2) is 47.7 Å². The summed E-state index contributed by atoms with van der Waals surface area (Å²) in [4.78, 5) is 23.5. The van der Waals surface area contributed by atoms with Crippen molar-refractivity contribution in [1.29, 1.82) is 0 Å². The lowest BCUT2D eigenvalue weighted by Gasteiger charge is -2.27. The highest BCUT2D eigenvalue weighted by molar-refractivity contribution is 5.97. The molecule has 0 spiro atoms. The smallest absolute Gasteiger partial charge is 0.337 e. The van der Waals surface area contributed by atoms with Crippen LogP contribution in [0.1, 0.15) is 17.0 Å². The van der Waals surface area contributed by atoms with E-state index in [9.17, 15) is 14.9 Å². The van der Waals surface area contributed by atoms with E-state index in [-0.39, 0.29) is 19.1 Å². The zero-order valence-corrected chi connectivity index (χ0v) is 13.4. The van der Waals surface area contributed by atoms with Gasteiger partial charge in [0.05, 0.1) is 22.1 Å². The lowest BCUT2D eigenvalue weighted by molar-refractivity contribution is -0.385. The summed E-state index contributed by atoms with van der Waals surface area (Å²) in [6.07, 6.45) is 0. The molecule has 0 aromatic heterocycles. The second kappa shape index (κ2) is 5.22. The number of cyclic esters (lactones) is 1. The first-order valence-electron chi connectivity index (χ1n) is 7.97. The van der Waals surface area contributed by atoms with Gasteiger partial charge in [-0.1, -0.05) is 18.2 Å². The highest BCUT2D eigenvalue weighted by Gasteiger charge is 2.41. The number of rotatable bonds is 2. The third kappa shape index (κ3) is 1.98. The first-order valence-corrected chi connectivity index (χ1v) is 7.97. The van der Waals surface area contributed by atoms with Crippen molar-refractivity contribution in [3.05, 3.63) is 68.9 Å². The number of carbonyl (C=O) groups is 1. The number of nitrogens with zero attached hydrogens (tertiary/aromatic N) is 1. The van der Waals surface area contributed by atoms with Crippen molar-refractivity contribution in [2.45, 2.75) is 5.92 Å². The van der Waals surface area contributed by atoms with Gasteiger partial charge in [-0.3, -0.25) is 10.1 Å². The Bertz CT molecular complexity index is 1010. The van der Waals surface area contributed by atoms with Crippen LogP contribution in [0.3, 0.4) is 0 Å². The molecule has 26 heavy (non-hydrogen) atoms. The van der Waals surface area contributed by atoms with Gasteiger partial charge >= 0.3 is 5.97 Å². The minimum atomic E-state index is -0.618. The van der Waals surface area contributed by atoms with Crippen molar-refractivity contribution >= 4 is 17.3 Å². The number of para-hydroxylation sites is 1. The molecule has 1 atom stereocenters. The zero-order chi connectivity index (χ0) is 17.8. The fourth-order valence-electron chi connectivity index (χ4n) is 3.66. The average Bonchev–Trinajstić information content (AvgIpc) is 3.24. The number of ether oxygens (including phenoxy) is 3. The van der Waals surface area contributed by atoms with E-state index in [4.69, 9.17) is 14.2 Å². The molecule has 130 valence electrons. The van der Waals surface area contributed by atoms with E-state index < -0.39 is 16.8 Å². The zero-order valence-electron chi connectivity index (χ0n) is 13.4. The van der Waals surface area contributed by atoms with E-state index in [2.05, 4.69) is 5.32 Å². The Morgan fingerprint density at radius 1 is 1.08 bits per heavy atom. The lowest BCUT2D eigenvalue weighted by Crippen LogP contribution is -2.20. The summed E-state index contributed by atoms with van der Waals surface area (Å²) >= 11 is 0. The normalized spacial score (nSPS) is 19.5. The van der Waals surface area contributed by atoms with Crippen LogP contribution >= 0.6 is 0 Å². The van der Waals surface area contributed by atoms with Crippen molar-refractivity contribution in [2.75, 3.05) is 18.7 Å². The molecule has 5 rings (SSSR count).